The van der Waals surface area contributed by atoms with Crippen LogP contribution >= 0.6 is 11.6 Å². The van der Waals surface area contributed by atoms with Crippen LogP contribution in [0.1, 0.15) is 20.3 Å². The molecule has 0 aromatic heterocycles. The second-order valence-electron chi connectivity index (χ2n) is 1.65. The van der Waals surface area contributed by atoms with Gasteiger partial charge in [0.05, 0.1) is 0 Å². The molecule has 0 saturated carbocycles. The standard InChI is InChI=1S/C6H9ClO.CH5N/c1-3-5(2)4-6(7)8;1-2/h4H,3H2,1-2H3;2H2,1H3. The van der Waals surface area contributed by atoms with Gasteiger partial charge in [0.1, 0.15) is 0 Å². The molecule has 0 aromatic carbocycles. The van der Waals surface area contributed by atoms with E-state index in [-0.39, 0.29) is 5.24 Å². The molecule has 60 valence electrons. The predicted molar refractivity (Wildman–Crippen MR) is 45.0 cm³/mol. The van der Waals surface area contributed by atoms with Gasteiger partial charge < -0.3 is 5.73 Å². The van der Waals surface area contributed by atoms with Crippen molar-refractivity contribution in [2.75, 3.05) is 7.05 Å². The minimum absolute atomic E-state index is 0.385. The Morgan fingerprint density at radius 3 is 2.10 bits per heavy atom. The van der Waals surface area contributed by atoms with Crippen molar-refractivity contribution >= 4 is 16.8 Å². The summed E-state index contributed by atoms with van der Waals surface area (Å²) >= 11 is 5.04. The molecule has 0 aliphatic carbocycles. The van der Waals surface area contributed by atoms with E-state index in [9.17, 15) is 4.79 Å². The van der Waals surface area contributed by atoms with E-state index in [1.54, 1.807) is 0 Å². The van der Waals surface area contributed by atoms with Gasteiger partial charge >= 0.3 is 0 Å². The molecule has 0 amide bonds. The van der Waals surface area contributed by atoms with E-state index in [1.807, 2.05) is 13.8 Å². The van der Waals surface area contributed by atoms with Gasteiger partial charge in [-0.05, 0) is 38.1 Å². The molecule has 2 N–H and O–H groups in total. The van der Waals surface area contributed by atoms with E-state index in [4.69, 9.17) is 11.6 Å². The van der Waals surface area contributed by atoms with Crippen molar-refractivity contribution in [3.8, 4) is 0 Å². The molecule has 0 spiro atoms. The Balaban J connectivity index is 0. The van der Waals surface area contributed by atoms with Crippen LogP contribution in [0.4, 0.5) is 0 Å². The highest BCUT2D eigenvalue weighted by Crippen LogP contribution is 1.98. The second kappa shape index (κ2) is 8.66. The van der Waals surface area contributed by atoms with Crippen molar-refractivity contribution in [3.05, 3.63) is 11.6 Å². The summed E-state index contributed by atoms with van der Waals surface area (Å²) < 4.78 is 0. The summed E-state index contributed by atoms with van der Waals surface area (Å²) in [5.74, 6) is 0. The van der Waals surface area contributed by atoms with Crippen molar-refractivity contribution in [3.63, 3.8) is 0 Å². The van der Waals surface area contributed by atoms with Crippen LogP contribution in [0.15, 0.2) is 11.6 Å². The number of nitrogens with two attached hydrogens (primary N) is 1. The maximum absolute atomic E-state index is 10.1. The number of halogens is 1. The smallest absolute Gasteiger partial charge is 0.245 e. The number of rotatable bonds is 2. The van der Waals surface area contributed by atoms with Crippen LogP contribution in [-0.2, 0) is 4.79 Å². The topological polar surface area (TPSA) is 43.1 Å². The van der Waals surface area contributed by atoms with E-state index in [0.29, 0.717) is 0 Å². The van der Waals surface area contributed by atoms with Crippen LogP contribution in [-0.4, -0.2) is 12.3 Å². The van der Waals surface area contributed by atoms with Crippen LogP contribution < -0.4 is 5.73 Å². The molecule has 0 bridgehead atoms. The second-order valence-corrected chi connectivity index (χ2v) is 2.02. The van der Waals surface area contributed by atoms with E-state index >= 15 is 0 Å². The number of carbonyl (C=O) groups is 1. The first-order valence-corrected chi connectivity index (χ1v) is 3.49. The Hall–Kier alpha value is -0.340. The fourth-order valence-electron chi connectivity index (χ4n) is 0.296. The minimum Gasteiger partial charge on any atom is -0.333 e. The average Bonchev–Trinajstić information content (AvgIpc) is 1.91. The van der Waals surface area contributed by atoms with Gasteiger partial charge in [0.15, 0.2) is 0 Å². The highest BCUT2D eigenvalue weighted by Gasteiger charge is 1.87. The van der Waals surface area contributed by atoms with Gasteiger partial charge in [0.2, 0.25) is 5.24 Å². The van der Waals surface area contributed by atoms with Crippen molar-refractivity contribution in [1.82, 2.24) is 0 Å². The predicted octanol–water partition coefficient (Wildman–Crippen LogP) is 1.68. The van der Waals surface area contributed by atoms with Crippen molar-refractivity contribution in [2.45, 2.75) is 20.3 Å². The normalized spacial score (nSPS) is 9.90. The molecule has 0 rings (SSSR count). The molecule has 3 heteroatoms. The SMILES string of the molecule is CCC(C)=CC(=O)Cl.CN. The molecule has 0 aliphatic rings. The highest BCUT2D eigenvalue weighted by atomic mass is 35.5. The molecular weight excluding hydrogens is 150 g/mol. The maximum Gasteiger partial charge on any atom is 0.245 e. The van der Waals surface area contributed by atoms with E-state index in [1.165, 1.54) is 13.1 Å². The molecule has 0 radical (unpaired) electrons. The lowest BCUT2D eigenvalue weighted by atomic mass is 10.2. The van der Waals surface area contributed by atoms with Gasteiger partial charge in [-0.25, -0.2) is 0 Å². The number of hydrogen-bond donors (Lipinski definition) is 1. The van der Waals surface area contributed by atoms with Gasteiger partial charge in [-0.1, -0.05) is 12.5 Å². The quantitative estimate of drug-likeness (QED) is 0.497. The lowest BCUT2D eigenvalue weighted by Gasteiger charge is -1.87. The zero-order chi connectivity index (χ0) is 8.57. The first kappa shape index (κ1) is 12.3. The fourth-order valence-corrected chi connectivity index (χ4v) is 0.482. The Morgan fingerprint density at radius 2 is 2.00 bits per heavy atom. The summed E-state index contributed by atoms with van der Waals surface area (Å²) in [6.45, 7) is 3.85. The molecule has 0 aromatic rings. The van der Waals surface area contributed by atoms with Crippen LogP contribution in [0.3, 0.4) is 0 Å². The zero-order valence-corrected chi connectivity index (χ0v) is 7.40. The van der Waals surface area contributed by atoms with Crippen molar-refractivity contribution in [2.24, 2.45) is 5.73 Å². The van der Waals surface area contributed by atoms with Crippen LogP contribution in [0.5, 0.6) is 0 Å². The summed E-state index contributed by atoms with van der Waals surface area (Å²) in [7, 11) is 1.50. The van der Waals surface area contributed by atoms with Gasteiger partial charge in [-0.15, -0.1) is 0 Å². The minimum atomic E-state index is -0.385. The first-order valence-electron chi connectivity index (χ1n) is 3.11. The van der Waals surface area contributed by atoms with Crippen molar-refractivity contribution < 1.29 is 4.79 Å². The third-order valence-electron chi connectivity index (χ3n) is 0.918. The van der Waals surface area contributed by atoms with Crippen LogP contribution in [0.2, 0.25) is 0 Å². The van der Waals surface area contributed by atoms with E-state index in [2.05, 4.69) is 5.73 Å². The molecule has 0 saturated heterocycles. The Morgan fingerprint density at radius 1 is 1.60 bits per heavy atom. The van der Waals surface area contributed by atoms with Gasteiger partial charge in [-0.2, -0.15) is 0 Å². The number of carbonyl (C=O) groups excluding carboxylic acids is 1. The first-order chi connectivity index (χ1) is 4.66. The van der Waals surface area contributed by atoms with E-state index < -0.39 is 0 Å². The monoisotopic (exact) mass is 163 g/mol. The van der Waals surface area contributed by atoms with Gasteiger partial charge in [-0.3, -0.25) is 4.79 Å². The number of allylic oxidation sites excluding steroid dienone is 2. The highest BCUT2D eigenvalue weighted by molar-refractivity contribution is 6.66. The molecular formula is C7H14ClNO. The summed E-state index contributed by atoms with van der Waals surface area (Å²) in [6.07, 6.45) is 2.32. The third kappa shape index (κ3) is 10.6. The zero-order valence-electron chi connectivity index (χ0n) is 6.65. The molecule has 0 atom stereocenters. The van der Waals surface area contributed by atoms with Gasteiger partial charge in [0.25, 0.3) is 0 Å². The van der Waals surface area contributed by atoms with Gasteiger partial charge in [0, 0.05) is 0 Å². The average molecular weight is 164 g/mol. The molecule has 0 fully saturated rings. The van der Waals surface area contributed by atoms with Crippen molar-refractivity contribution in [1.29, 1.82) is 0 Å². The summed E-state index contributed by atoms with van der Waals surface area (Å²) in [5, 5.41) is -0.385. The fraction of sp³-hybridized carbons (Fsp3) is 0.571. The summed E-state index contributed by atoms with van der Waals surface area (Å²) in [5.41, 5.74) is 5.52. The Kier molecular flexibility index (Phi) is 10.7. The molecule has 0 aliphatic heterocycles. The van der Waals surface area contributed by atoms with Crippen LogP contribution in [0, 0.1) is 0 Å². The maximum atomic E-state index is 10.1. The third-order valence-corrected chi connectivity index (χ3v) is 1.03. The van der Waals surface area contributed by atoms with E-state index in [0.717, 1.165) is 12.0 Å². The number of hydrogen-bond acceptors (Lipinski definition) is 2. The lowest BCUT2D eigenvalue weighted by Crippen LogP contribution is -1.79. The summed E-state index contributed by atoms with van der Waals surface area (Å²) in [4.78, 5) is 10.1. The molecule has 0 heterocycles. The lowest BCUT2D eigenvalue weighted by molar-refractivity contribution is -0.107. The molecule has 0 unspecified atom stereocenters. The Bertz CT molecular complexity index is 121. The Labute approximate surface area is 67.0 Å². The largest absolute Gasteiger partial charge is 0.333 e. The molecule has 2 nitrogen and oxygen atoms in total. The van der Waals surface area contributed by atoms with Crippen LogP contribution in [0.25, 0.3) is 0 Å². The molecule has 10 heavy (non-hydrogen) atoms. The summed E-state index contributed by atoms with van der Waals surface area (Å²) in [6, 6.07) is 0.